The number of amides is 1. The molecule has 0 bridgehead atoms. The van der Waals surface area contributed by atoms with E-state index in [-0.39, 0.29) is 28.9 Å². The summed E-state index contributed by atoms with van der Waals surface area (Å²) in [5.41, 5.74) is 2.91. The lowest BCUT2D eigenvalue weighted by atomic mass is 10.1. The van der Waals surface area contributed by atoms with Gasteiger partial charge in [0.1, 0.15) is 11.4 Å². The van der Waals surface area contributed by atoms with Gasteiger partial charge in [0, 0.05) is 11.7 Å². The molecule has 0 aliphatic heterocycles. The number of benzene rings is 1. The summed E-state index contributed by atoms with van der Waals surface area (Å²) in [4.78, 5) is 27.2. The number of hydrogen-bond donors (Lipinski definition) is 2. The van der Waals surface area contributed by atoms with Crippen molar-refractivity contribution in [2.24, 2.45) is 0 Å². The number of aromatic amines is 1. The smallest absolute Gasteiger partial charge is 0.261 e. The van der Waals surface area contributed by atoms with E-state index in [4.69, 9.17) is 0 Å². The van der Waals surface area contributed by atoms with Crippen LogP contribution >= 0.6 is 0 Å². The first-order valence-corrected chi connectivity index (χ1v) is 8.33. The summed E-state index contributed by atoms with van der Waals surface area (Å²) in [5, 5.41) is 2.88. The molecule has 1 amide bonds. The second-order valence-corrected chi connectivity index (χ2v) is 6.41. The van der Waals surface area contributed by atoms with Gasteiger partial charge >= 0.3 is 0 Å². The Kier molecular flexibility index (Phi) is 4.79. The maximum Gasteiger partial charge on any atom is 0.261 e. The number of carbonyl (C=O) groups is 1. The predicted molar refractivity (Wildman–Crippen MR) is 90.7 cm³/mol. The van der Waals surface area contributed by atoms with Crippen molar-refractivity contribution in [3.63, 3.8) is 0 Å². The lowest BCUT2D eigenvalue weighted by Gasteiger charge is -2.14. The zero-order valence-corrected chi connectivity index (χ0v) is 13.7. The summed E-state index contributed by atoms with van der Waals surface area (Å²) < 4.78 is 12.9. The first kappa shape index (κ1) is 16.4. The van der Waals surface area contributed by atoms with Gasteiger partial charge in [-0.1, -0.05) is 12.1 Å². The van der Waals surface area contributed by atoms with Gasteiger partial charge in [0.2, 0.25) is 0 Å². The average molecular weight is 328 g/mol. The maximum atomic E-state index is 12.9. The van der Waals surface area contributed by atoms with Gasteiger partial charge in [-0.05, 0) is 68.4 Å². The van der Waals surface area contributed by atoms with E-state index in [0.717, 1.165) is 48.9 Å². The highest BCUT2D eigenvalue weighted by molar-refractivity contribution is 5.94. The van der Waals surface area contributed by atoms with Crippen molar-refractivity contribution < 1.29 is 9.18 Å². The Morgan fingerprint density at radius 1 is 1.29 bits per heavy atom. The molecule has 4 nitrogen and oxygen atoms in total. The van der Waals surface area contributed by atoms with E-state index in [1.54, 1.807) is 18.2 Å². The third kappa shape index (κ3) is 3.72. The molecule has 0 saturated carbocycles. The number of hydrogen-bond acceptors (Lipinski definition) is 2. The van der Waals surface area contributed by atoms with Crippen LogP contribution in [0.5, 0.6) is 0 Å². The van der Waals surface area contributed by atoms with Gasteiger partial charge in [0.05, 0.1) is 0 Å². The van der Waals surface area contributed by atoms with E-state index in [1.807, 2.05) is 6.92 Å². The summed E-state index contributed by atoms with van der Waals surface area (Å²) in [7, 11) is 0. The Labute approximate surface area is 140 Å². The highest BCUT2D eigenvalue weighted by Gasteiger charge is 2.19. The van der Waals surface area contributed by atoms with Crippen LogP contribution in [0.1, 0.15) is 46.9 Å². The first-order chi connectivity index (χ1) is 11.5. The van der Waals surface area contributed by atoms with Crippen LogP contribution in [0.3, 0.4) is 0 Å². The molecule has 1 heterocycles. The van der Waals surface area contributed by atoms with Crippen LogP contribution in [0.4, 0.5) is 4.39 Å². The highest BCUT2D eigenvalue weighted by Crippen LogP contribution is 2.18. The fourth-order valence-electron chi connectivity index (χ4n) is 3.09. The molecule has 2 N–H and O–H groups in total. The van der Waals surface area contributed by atoms with Gasteiger partial charge < -0.3 is 10.3 Å². The van der Waals surface area contributed by atoms with Crippen LogP contribution in [-0.4, -0.2) is 16.9 Å². The molecule has 0 spiro atoms. The zero-order chi connectivity index (χ0) is 17.1. The maximum absolute atomic E-state index is 12.9. The van der Waals surface area contributed by atoms with E-state index < -0.39 is 0 Å². The standard InChI is InChI=1S/C19H21FN2O2/c1-12(5-6-13-7-9-15(20)10-8-13)21-18(23)16-11-14-3-2-4-17(14)22-19(16)24/h7-12H,2-6H2,1H3,(H,21,23)(H,22,24)/t12-/m1/s1. The second-order valence-electron chi connectivity index (χ2n) is 6.41. The largest absolute Gasteiger partial charge is 0.349 e. The van der Waals surface area contributed by atoms with Crippen LogP contribution in [0.25, 0.3) is 0 Å². The molecule has 1 aliphatic carbocycles. The molecular formula is C19H21FN2O2. The van der Waals surface area contributed by atoms with Gasteiger partial charge in [-0.2, -0.15) is 0 Å². The number of carbonyl (C=O) groups excluding carboxylic acids is 1. The number of rotatable bonds is 5. The fraction of sp³-hybridized carbons (Fsp3) is 0.368. The van der Waals surface area contributed by atoms with Crippen molar-refractivity contribution in [1.29, 1.82) is 0 Å². The van der Waals surface area contributed by atoms with E-state index in [1.165, 1.54) is 12.1 Å². The summed E-state index contributed by atoms with van der Waals surface area (Å²) in [6.07, 6.45) is 4.26. The van der Waals surface area contributed by atoms with Crippen molar-refractivity contribution in [2.45, 2.75) is 45.1 Å². The van der Waals surface area contributed by atoms with Crippen molar-refractivity contribution in [2.75, 3.05) is 0 Å². The summed E-state index contributed by atoms with van der Waals surface area (Å²) in [6, 6.07) is 8.01. The van der Waals surface area contributed by atoms with Crippen LogP contribution < -0.4 is 10.9 Å². The van der Waals surface area contributed by atoms with Gasteiger partial charge in [-0.15, -0.1) is 0 Å². The number of halogens is 1. The molecule has 1 aliphatic rings. The Morgan fingerprint density at radius 2 is 2.04 bits per heavy atom. The lowest BCUT2D eigenvalue weighted by molar-refractivity contribution is 0.0937. The summed E-state index contributed by atoms with van der Waals surface area (Å²) >= 11 is 0. The van der Waals surface area contributed by atoms with Crippen LogP contribution in [0.2, 0.25) is 0 Å². The SMILES string of the molecule is C[C@H](CCc1ccc(F)cc1)NC(=O)c1cc2c([nH]c1=O)CCC2. The second kappa shape index (κ2) is 6.99. The molecular weight excluding hydrogens is 307 g/mol. The Balaban J connectivity index is 1.60. The van der Waals surface area contributed by atoms with Crippen molar-refractivity contribution in [3.05, 3.63) is 68.9 Å². The quantitative estimate of drug-likeness (QED) is 0.886. The molecule has 1 atom stereocenters. The van der Waals surface area contributed by atoms with Crippen molar-refractivity contribution >= 4 is 5.91 Å². The van der Waals surface area contributed by atoms with E-state index >= 15 is 0 Å². The van der Waals surface area contributed by atoms with E-state index in [0.29, 0.717) is 0 Å². The molecule has 1 aromatic heterocycles. The van der Waals surface area contributed by atoms with Crippen LogP contribution in [-0.2, 0) is 19.3 Å². The van der Waals surface area contributed by atoms with Gasteiger partial charge in [0.15, 0.2) is 0 Å². The number of H-pyrrole nitrogens is 1. The van der Waals surface area contributed by atoms with Crippen LogP contribution in [0, 0.1) is 5.82 Å². The Morgan fingerprint density at radius 3 is 2.79 bits per heavy atom. The fourth-order valence-corrected chi connectivity index (χ4v) is 3.09. The monoisotopic (exact) mass is 328 g/mol. The molecule has 0 unspecified atom stereocenters. The third-order valence-electron chi connectivity index (χ3n) is 4.49. The summed E-state index contributed by atoms with van der Waals surface area (Å²) in [6.45, 7) is 1.91. The highest BCUT2D eigenvalue weighted by atomic mass is 19.1. The molecule has 126 valence electrons. The lowest BCUT2D eigenvalue weighted by Crippen LogP contribution is -2.36. The molecule has 0 radical (unpaired) electrons. The minimum atomic E-state index is -0.336. The van der Waals surface area contributed by atoms with Crippen molar-refractivity contribution in [1.82, 2.24) is 10.3 Å². The van der Waals surface area contributed by atoms with Gasteiger partial charge in [-0.3, -0.25) is 9.59 Å². The molecule has 3 rings (SSSR count). The summed E-state index contributed by atoms with van der Waals surface area (Å²) in [5.74, 6) is -0.589. The van der Waals surface area contributed by atoms with Gasteiger partial charge in [0.25, 0.3) is 11.5 Å². The number of pyridine rings is 1. The topological polar surface area (TPSA) is 62.0 Å². The first-order valence-electron chi connectivity index (χ1n) is 8.33. The molecule has 5 heteroatoms. The number of fused-ring (bicyclic) bond motifs is 1. The number of nitrogens with one attached hydrogen (secondary N) is 2. The van der Waals surface area contributed by atoms with E-state index in [9.17, 15) is 14.0 Å². The number of aromatic nitrogens is 1. The van der Waals surface area contributed by atoms with Crippen molar-refractivity contribution in [3.8, 4) is 0 Å². The zero-order valence-electron chi connectivity index (χ0n) is 13.7. The third-order valence-corrected chi connectivity index (χ3v) is 4.49. The normalized spacial score (nSPS) is 14.2. The molecule has 2 aromatic rings. The minimum Gasteiger partial charge on any atom is -0.349 e. The van der Waals surface area contributed by atoms with E-state index in [2.05, 4.69) is 10.3 Å². The average Bonchev–Trinajstić information content (AvgIpc) is 3.00. The number of aryl methyl sites for hydroxylation is 3. The molecule has 0 fully saturated rings. The van der Waals surface area contributed by atoms with Gasteiger partial charge in [-0.25, -0.2) is 4.39 Å². The molecule has 24 heavy (non-hydrogen) atoms. The molecule has 1 aromatic carbocycles. The minimum absolute atomic E-state index is 0.0739. The Hall–Kier alpha value is -2.43. The van der Waals surface area contributed by atoms with Crippen LogP contribution in [0.15, 0.2) is 35.1 Å². The predicted octanol–water partition coefficient (Wildman–Crippen LogP) is 2.75. The molecule has 0 saturated heterocycles. The Bertz CT molecular complexity index is 796.